The number of benzene rings is 2. The van der Waals surface area contributed by atoms with Gasteiger partial charge in [0.25, 0.3) is 0 Å². The second kappa shape index (κ2) is 8.27. The maximum atomic E-state index is 12.9. The minimum Gasteiger partial charge on any atom is -0.480 e. The van der Waals surface area contributed by atoms with Crippen LogP contribution in [0.25, 0.3) is 11.1 Å². The zero-order chi connectivity index (χ0) is 23.0. The van der Waals surface area contributed by atoms with Gasteiger partial charge < -0.3 is 25.2 Å². The number of hydrogen-bond donors (Lipinski definition) is 3. The maximum Gasteiger partial charge on any atom is 0.408 e. The van der Waals surface area contributed by atoms with Crippen molar-refractivity contribution in [3.05, 3.63) is 59.7 Å². The van der Waals surface area contributed by atoms with Crippen molar-refractivity contribution in [3.8, 4) is 11.1 Å². The molecule has 0 aromatic heterocycles. The minimum absolute atomic E-state index is 0.0396. The molecule has 8 heteroatoms. The molecule has 0 radical (unpaired) electrons. The van der Waals surface area contributed by atoms with E-state index in [1.54, 1.807) is 0 Å². The number of likely N-dealkylation sites (tertiary alicyclic amines) is 1. The van der Waals surface area contributed by atoms with Crippen molar-refractivity contribution in [1.29, 1.82) is 0 Å². The highest BCUT2D eigenvalue weighted by atomic mass is 16.5. The van der Waals surface area contributed by atoms with Crippen LogP contribution >= 0.6 is 0 Å². The van der Waals surface area contributed by atoms with E-state index in [1.165, 1.54) is 13.8 Å². The molecule has 2 aliphatic rings. The summed E-state index contributed by atoms with van der Waals surface area (Å²) in [7, 11) is 0. The van der Waals surface area contributed by atoms with E-state index in [9.17, 15) is 24.6 Å². The number of amides is 2. The molecule has 2 atom stereocenters. The second-order valence-electron chi connectivity index (χ2n) is 8.78. The standard InChI is InChI=1S/C24H26N2O6/c1-24(2,22(30)26-12-14(27)11-20(26)21(28)29)25-23(31)32-13-19-17-9-5-3-7-15(17)16-8-4-6-10-18(16)19/h3-10,14,19-20,27H,11-13H2,1-2H3,(H,25,31)(H,28,29)/t14-,20-/m0/s1. The number of carboxylic acids is 1. The summed E-state index contributed by atoms with van der Waals surface area (Å²) in [5.74, 6) is -1.89. The molecule has 1 heterocycles. The van der Waals surface area contributed by atoms with Gasteiger partial charge in [-0.3, -0.25) is 4.79 Å². The number of rotatable bonds is 5. The summed E-state index contributed by atoms with van der Waals surface area (Å²) in [5.41, 5.74) is 2.97. The molecule has 0 spiro atoms. The Labute approximate surface area is 185 Å². The smallest absolute Gasteiger partial charge is 0.408 e. The summed E-state index contributed by atoms with van der Waals surface area (Å²) >= 11 is 0. The van der Waals surface area contributed by atoms with Crippen LogP contribution < -0.4 is 5.32 Å². The highest BCUT2D eigenvalue weighted by Gasteiger charge is 2.44. The second-order valence-corrected chi connectivity index (χ2v) is 8.78. The lowest BCUT2D eigenvalue weighted by Crippen LogP contribution is -2.58. The van der Waals surface area contributed by atoms with Crippen molar-refractivity contribution >= 4 is 18.0 Å². The molecular weight excluding hydrogens is 412 g/mol. The SMILES string of the molecule is CC(C)(NC(=O)OCC1c2ccccc2-c2ccccc21)C(=O)N1C[C@@H](O)C[C@H]1C(=O)O. The van der Waals surface area contributed by atoms with Crippen LogP contribution in [0, 0.1) is 0 Å². The van der Waals surface area contributed by atoms with Crippen molar-refractivity contribution in [2.45, 2.75) is 43.9 Å². The van der Waals surface area contributed by atoms with Gasteiger partial charge in [0.2, 0.25) is 5.91 Å². The highest BCUT2D eigenvalue weighted by molar-refractivity contribution is 5.92. The lowest BCUT2D eigenvalue weighted by molar-refractivity contribution is -0.150. The van der Waals surface area contributed by atoms with Crippen LogP contribution in [0.3, 0.4) is 0 Å². The summed E-state index contributed by atoms with van der Waals surface area (Å²) in [4.78, 5) is 38.0. The fourth-order valence-electron chi connectivity index (χ4n) is 4.57. The van der Waals surface area contributed by atoms with E-state index in [0.29, 0.717) is 0 Å². The third-order valence-electron chi connectivity index (χ3n) is 6.12. The molecule has 2 aromatic carbocycles. The van der Waals surface area contributed by atoms with E-state index in [2.05, 4.69) is 5.32 Å². The Morgan fingerprint density at radius 2 is 1.62 bits per heavy atom. The van der Waals surface area contributed by atoms with E-state index in [0.717, 1.165) is 27.2 Å². The van der Waals surface area contributed by atoms with Crippen LogP contribution in [0.5, 0.6) is 0 Å². The Kier molecular flexibility index (Phi) is 5.64. The first-order valence-corrected chi connectivity index (χ1v) is 10.5. The van der Waals surface area contributed by atoms with Gasteiger partial charge in [0, 0.05) is 18.9 Å². The minimum atomic E-state index is -1.40. The van der Waals surface area contributed by atoms with Gasteiger partial charge in [0.1, 0.15) is 18.2 Å². The Balaban J connectivity index is 1.43. The van der Waals surface area contributed by atoms with Gasteiger partial charge in [-0.05, 0) is 36.1 Å². The summed E-state index contributed by atoms with van der Waals surface area (Å²) < 4.78 is 5.50. The van der Waals surface area contributed by atoms with Crippen LogP contribution in [0.2, 0.25) is 0 Å². The number of carboxylic acid groups (broad SMARTS) is 1. The Morgan fingerprint density at radius 1 is 1.06 bits per heavy atom. The molecule has 8 nitrogen and oxygen atoms in total. The molecular formula is C24H26N2O6. The molecule has 2 aromatic rings. The molecule has 1 aliphatic heterocycles. The van der Waals surface area contributed by atoms with Crippen LogP contribution in [0.15, 0.2) is 48.5 Å². The van der Waals surface area contributed by atoms with Gasteiger partial charge in [0.05, 0.1) is 6.10 Å². The van der Waals surface area contributed by atoms with Crippen LogP contribution in [-0.2, 0) is 14.3 Å². The molecule has 1 aliphatic carbocycles. The lowest BCUT2D eigenvalue weighted by Gasteiger charge is -2.32. The molecule has 2 amide bonds. The van der Waals surface area contributed by atoms with Crippen LogP contribution in [-0.4, -0.2) is 63.9 Å². The Morgan fingerprint density at radius 3 is 2.19 bits per heavy atom. The van der Waals surface area contributed by atoms with Gasteiger partial charge in [-0.15, -0.1) is 0 Å². The van der Waals surface area contributed by atoms with Gasteiger partial charge in [-0.2, -0.15) is 0 Å². The first-order chi connectivity index (χ1) is 15.2. The topological polar surface area (TPSA) is 116 Å². The van der Waals surface area contributed by atoms with Crippen molar-refractivity contribution < 1.29 is 29.3 Å². The number of carbonyl (C=O) groups is 3. The number of nitrogens with one attached hydrogen (secondary N) is 1. The van der Waals surface area contributed by atoms with Crippen molar-refractivity contribution in [2.24, 2.45) is 0 Å². The number of carbonyl (C=O) groups excluding carboxylic acids is 2. The molecule has 3 N–H and O–H groups in total. The summed E-state index contributed by atoms with van der Waals surface area (Å²) in [6.07, 6.45) is -1.72. The largest absolute Gasteiger partial charge is 0.480 e. The van der Waals surface area contributed by atoms with Gasteiger partial charge in [-0.25, -0.2) is 9.59 Å². The van der Waals surface area contributed by atoms with Gasteiger partial charge >= 0.3 is 12.1 Å². The lowest BCUT2D eigenvalue weighted by atomic mass is 9.98. The predicted molar refractivity (Wildman–Crippen MR) is 116 cm³/mol. The number of β-amino-alcohol motifs (C(OH)–C–C–N with tert-alkyl or cyclic N) is 1. The molecule has 1 saturated heterocycles. The first kappa shape index (κ1) is 21.8. The van der Waals surface area contributed by atoms with Crippen LogP contribution in [0.1, 0.15) is 37.3 Å². The maximum absolute atomic E-state index is 12.9. The van der Waals surface area contributed by atoms with E-state index in [4.69, 9.17) is 4.74 Å². The zero-order valence-corrected chi connectivity index (χ0v) is 17.9. The van der Waals surface area contributed by atoms with Crippen molar-refractivity contribution in [1.82, 2.24) is 10.2 Å². The molecule has 0 saturated carbocycles. The average Bonchev–Trinajstić information content (AvgIpc) is 3.30. The molecule has 1 fully saturated rings. The quantitative estimate of drug-likeness (QED) is 0.660. The Bertz CT molecular complexity index is 1020. The van der Waals surface area contributed by atoms with E-state index >= 15 is 0 Å². The first-order valence-electron chi connectivity index (χ1n) is 10.5. The normalized spacial score (nSPS) is 19.9. The number of alkyl carbamates (subject to hydrolysis) is 1. The molecule has 0 bridgehead atoms. The summed E-state index contributed by atoms with van der Waals surface area (Å²) in [5, 5.41) is 21.7. The number of hydrogen-bond acceptors (Lipinski definition) is 5. The molecule has 32 heavy (non-hydrogen) atoms. The number of nitrogens with zero attached hydrogens (tertiary/aromatic N) is 1. The zero-order valence-electron chi connectivity index (χ0n) is 17.9. The fourth-order valence-corrected chi connectivity index (χ4v) is 4.57. The van der Waals surface area contributed by atoms with Crippen molar-refractivity contribution in [3.63, 3.8) is 0 Å². The number of aliphatic hydroxyl groups is 1. The van der Waals surface area contributed by atoms with E-state index in [-0.39, 0.29) is 25.5 Å². The monoisotopic (exact) mass is 438 g/mol. The summed E-state index contributed by atoms with van der Waals surface area (Å²) in [6, 6.07) is 14.8. The number of aliphatic hydroxyl groups excluding tert-OH is 1. The summed E-state index contributed by atoms with van der Waals surface area (Å²) in [6.45, 7) is 2.98. The third-order valence-corrected chi connectivity index (χ3v) is 6.12. The highest BCUT2D eigenvalue weighted by Crippen LogP contribution is 2.44. The van der Waals surface area contributed by atoms with Crippen molar-refractivity contribution in [2.75, 3.05) is 13.2 Å². The molecule has 0 unspecified atom stereocenters. The third kappa shape index (κ3) is 3.93. The number of fused-ring (bicyclic) bond motifs is 3. The molecule has 168 valence electrons. The average molecular weight is 438 g/mol. The van der Waals surface area contributed by atoms with Crippen LogP contribution in [0.4, 0.5) is 4.79 Å². The fraction of sp³-hybridized carbons (Fsp3) is 0.375. The number of ether oxygens (including phenoxy) is 1. The van der Waals surface area contributed by atoms with Gasteiger partial charge in [0.15, 0.2) is 0 Å². The van der Waals surface area contributed by atoms with Gasteiger partial charge in [-0.1, -0.05) is 48.5 Å². The Hall–Kier alpha value is -3.39. The number of aliphatic carboxylic acids is 1. The predicted octanol–water partition coefficient (Wildman–Crippen LogP) is 2.35. The van der Waals surface area contributed by atoms with E-state index in [1.807, 2.05) is 48.5 Å². The molecule has 4 rings (SSSR count). The van der Waals surface area contributed by atoms with E-state index < -0.39 is 35.7 Å².